The van der Waals surface area contributed by atoms with Gasteiger partial charge in [0.05, 0.1) is 5.50 Å². The van der Waals surface area contributed by atoms with Gasteiger partial charge in [-0.05, 0) is 37.9 Å². The van der Waals surface area contributed by atoms with E-state index in [0.29, 0.717) is 17.9 Å². The van der Waals surface area contributed by atoms with Gasteiger partial charge >= 0.3 is 0 Å². The maximum Gasteiger partial charge on any atom is 0.179 e. The van der Waals surface area contributed by atoms with Crippen molar-refractivity contribution in [2.24, 2.45) is 0 Å². The summed E-state index contributed by atoms with van der Waals surface area (Å²) in [6.45, 7) is 0. The maximum atomic E-state index is 12.6. The summed E-state index contributed by atoms with van der Waals surface area (Å²) < 4.78 is 0. The molecule has 0 bridgehead atoms. The normalized spacial score (nSPS) is 32.5. The lowest BCUT2D eigenvalue weighted by Gasteiger charge is -2.43. The van der Waals surface area contributed by atoms with Crippen LogP contribution in [0.4, 0.5) is 0 Å². The van der Waals surface area contributed by atoms with Crippen molar-refractivity contribution in [3.8, 4) is 0 Å². The molecular weight excluding hydrogens is 248 g/mol. The largest absolute Gasteiger partial charge is 0.391 e. The molecular formula is C13H17BClNO2. The minimum absolute atomic E-state index is 0.197. The van der Waals surface area contributed by atoms with Gasteiger partial charge in [0, 0.05) is 5.02 Å². The molecule has 1 aliphatic rings. The van der Waals surface area contributed by atoms with E-state index >= 15 is 0 Å². The summed E-state index contributed by atoms with van der Waals surface area (Å²) in [4.78, 5) is 12.6. The summed E-state index contributed by atoms with van der Waals surface area (Å²) >= 11 is 6.21. The van der Waals surface area contributed by atoms with Crippen LogP contribution >= 0.6 is 11.6 Å². The average Bonchev–Trinajstić information content (AvgIpc) is 2.34. The zero-order valence-electron chi connectivity index (χ0n) is 10.7. The van der Waals surface area contributed by atoms with Crippen LogP contribution in [0.1, 0.15) is 24.8 Å². The number of Topliss-reactive ketones (excluding diaryl/α,β-unsaturated/α-hetero) is 1. The minimum atomic E-state index is -1.29. The van der Waals surface area contributed by atoms with Crippen LogP contribution in [0.2, 0.25) is 5.02 Å². The first-order valence-electron chi connectivity index (χ1n) is 6.15. The molecule has 1 aromatic carbocycles. The van der Waals surface area contributed by atoms with E-state index in [-0.39, 0.29) is 5.78 Å². The van der Waals surface area contributed by atoms with Crippen molar-refractivity contribution in [2.75, 3.05) is 7.05 Å². The van der Waals surface area contributed by atoms with E-state index in [1.54, 1.807) is 21.0 Å². The van der Waals surface area contributed by atoms with E-state index in [1.807, 2.05) is 18.2 Å². The van der Waals surface area contributed by atoms with Crippen LogP contribution in [-0.2, 0) is 10.3 Å². The van der Waals surface area contributed by atoms with Gasteiger partial charge in [-0.15, -0.1) is 0 Å². The molecule has 0 spiro atoms. The fourth-order valence-corrected chi connectivity index (χ4v) is 3.12. The Morgan fingerprint density at radius 1 is 1.39 bits per heavy atom. The predicted octanol–water partition coefficient (Wildman–Crippen LogP) is 0.829. The molecule has 5 heteroatoms. The van der Waals surface area contributed by atoms with Gasteiger partial charge in [0.25, 0.3) is 0 Å². The van der Waals surface area contributed by atoms with E-state index in [9.17, 15) is 9.90 Å². The Morgan fingerprint density at radius 3 is 2.67 bits per heavy atom. The Morgan fingerprint density at radius 2 is 2.06 bits per heavy atom. The lowest BCUT2D eigenvalue weighted by molar-refractivity contribution is -0.141. The van der Waals surface area contributed by atoms with Gasteiger partial charge in [0.15, 0.2) is 13.6 Å². The summed E-state index contributed by atoms with van der Waals surface area (Å²) in [6.07, 6.45) is 1.94. The summed E-state index contributed by atoms with van der Waals surface area (Å²) in [6, 6.07) is 7.31. The molecule has 0 amide bonds. The summed E-state index contributed by atoms with van der Waals surface area (Å²) in [5.41, 5.74) is -1.42. The SMILES string of the molecule is BC1(O)CCCC(NC)(c2ccccc2Cl)C1=O. The third-order valence-electron chi connectivity index (χ3n) is 3.85. The first kappa shape index (κ1) is 13.6. The molecule has 0 radical (unpaired) electrons. The number of halogens is 1. The molecule has 1 saturated carbocycles. The van der Waals surface area contributed by atoms with Crippen molar-refractivity contribution in [3.05, 3.63) is 34.9 Å². The highest BCUT2D eigenvalue weighted by atomic mass is 35.5. The molecule has 2 atom stereocenters. The summed E-state index contributed by atoms with van der Waals surface area (Å²) in [5, 5.41) is 13.9. The highest BCUT2D eigenvalue weighted by Gasteiger charge is 2.50. The van der Waals surface area contributed by atoms with Gasteiger partial charge in [-0.1, -0.05) is 29.8 Å². The number of carbonyl (C=O) groups is 1. The standard InChI is InChI=1S/C13H17BClNO2/c1-16-12(9-5-2-3-6-10(9)15)7-4-8-13(14,18)11(12)17/h2-3,5-6,16,18H,4,7-8,14H2,1H3. The second-order valence-corrected chi connectivity index (χ2v) is 5.50. The molecule has 2 rings (SSSR count). The highest BCUT2D eigenvalue weighted by molar-refractivity contribution is 6.33. The second kappa shape index (κ2) is 4.69. The Bertz CT molecular complexity index is 478. The van der Waals surface area contributed by atoms with Crippen LogP contribution in [-0.4, -0.2) is 31.3 Å². The Hall–Kier alpha value is -0.835. The molecule has 18 heavy (non-hydrogen) atoms. The number of aliphatic hydroxyl groups is 1. The Labute approximate surface area is 113 Å². The van der Waals surface area contributed by atoms with Gasteiger partial charge in [0.1, 0.15) is 5.54 Å². The summed E-state index contributed by atoms with van der Waals surface area (Å²) in [7, 11) is 3.32. The van der Waals surface area contributed by atoms with E-state index in [2.05, 4.69) is 5.32 Å². The molecule has 1 aliphatic carbocycles. The molecule has 1 aromatic rings. The number of ketones is 1. The van der Waals surface area contributed by atoms with Gasteiger partial charge < -0.3 is 10.4 Å². The lowest BCUT2D eigenvalue weighted by atomic mass is 9.61. The van der Waals surface area contributed by atoms with Crippen molar-refractivity contribution in [1.29, 1.82) is 0 Å². The fourth-order valence-electron chi connectivity index (χ4n) is 2.82. The van der Waals surface area contributed by atoms with E-state index in [1.165, 1.54) is 0 Å². The maximum absolute atomic E-state index is 12.6. The number of hydrogen-bond acceptors (Lipinski definition) is 3. The van der Waals surface area contributed by atoms with Crippen LogP contribution in [0.15, 0.2) is 24.3 Å². The van der Waals surface area contributed by atoms with E-state index < -0.39 is 11.0 Å². The molecule has 0 aromatic heterocycles. The summed E-state index contributed by atoms with van der Waals surface area (Å²) in [5.74, 6) is -0.197. The van der Waals surface area contributed by atoms with E-state index in [0.717, 1.165) is 12.0 Å². The molecule has 1 fully saturated rings. The average molecular weight is 266 g/mol. The first-order chi connectivity index (χ1) is 8.44. The zero-order valence-corrected chi connectivity index (χ0v) is 11.4. The number of benzene rings is 1. The third kappa shape index (κ3) is 1.98. The Kier molecular flexibility index (Phi) is 3.54. The highest BCUT2D eigenvalue weighted by Crippen LogP contribution is 2.40. The molecule has 2 N–H and O–H groups in total. The van der Waals surface area contributed by atoms with Crippen LogP contribution in [0.25, 0.3) is 0 Å². The monoisotopic (exact) mass is 265 g/mol. The smallest absolute Gasteiger partial charge is 0.179 e. The number of likely N-dealkylation sites (N-methyl/N-ethyl adjacent to an activating group) is 1. The van der Waals surface area contributed by atoms with Crippen molar-refractivity contribution in [3.63, 3.8) is 0 Å². The van der Waals surface area contributed by atoms with Crippen LogP contribution < -0.4 is 5.32 Å². The van der Waals surface area contributed by atoms with Crippen molar-refractivity contribution >= 4 is 25.2 Å². The first-order valence-corrected chi connectivity index (χ1v) is 6.53. The van der Waals surface area contributed by atoms with Crippen LogP contribution in [0.3, 0.4) is 0 Å². The molecule has 0 aliphatic heterocycles. The molecule has 0 heterocycles. The van der Waals surface area contributed by atoms with Gasteiger partial charge in [-0.3, -0.25) is 4.79 Å². The predicted molar refractivity (Wildman–Crippen MR) is 74.5 cm³/mol. The Balaban J connectivity index is 2.55. The second-order valence-electron chi connectivity index (χ2n) is 5.09. The third-order valence-corrected chi connectivity index (χ3v) is 4.18. The van der Waals surface area contributed by atoms with Gasteiger partial charge in [-0.2, -0.15) is 0 Å². The van der Waals surface area contributed by atoms with E-state index in [4.69, 9.17) is 11.6 Å². The van der Waals surface area contributed by atoms with Crippen LogP contribution in [0, 0.1) is 0 Å². The van der Waals surface area contributed by atoms with Gasteiger partial charge in [-0.25, -0.2) is 0 Å². The van der Waals surface area contributed by atoms with Crippen molar-refractivity contribution in [1.82, 2.24) is 5.32 Å². The quantitative estimate of drug-likeness (QED) is 0.779. The fraction of sp³-hybridized carbons (Fsp3) is 0.462. The zero-order chi connectivity index (χ0) is 13.4. The molecule has 96 valence electrons. The van der Waals surface area contributed by atoms with Crippen molar-refractivity contribution in [2.45, 2.75) is 30.3 Å². The van der Waals surface area contributed by atoms with Gasteiger partial charge in [0.2, 0.25) is 0 Å². The topological polar surface area (TPSA) is 49.3 Å². The number of hydrogen-bond donors (Lipinski definition) is 2. The number of carbonyl (C=O) groups excluding carboxylic acids is 1. The number of rotatable bonds is 2. The van der Waals surface area contributed by atoms with Crippen LogP contribution in [0.5, 0.6) is 0 Å². The minimum Gasteiger partial charge on any atom is -0.391 e. The lowest BCUT2D eigenvalue weighted by Crippen LogP contribution is -2.60. The number of nitrogens with one attached hydrogen (secondary N) is 1. The van der Waals surface area contributed by atoms with Crippen molar-refractivity contribution < 1.29 is 9.90 Å². The molecule has 3 nitrogen and oxygen atoms in total. The molecule has 2 unspecified atom stereocenters. The molecule has 0 saturated heterocycles.